The highest BCUT2D eigenvalue weighted by atomic mass is 16.5. The van der Waals surface area contributed by atoms with Gasteiger partial charge >= 0.3 is 0 Å². The third-order valence-corrected chi connectivity index (χ3v) is 7.91. The van der Waals surface area contributed by atoms with Crippen molar-refractivity contribution in [1.29, 1.82) is 0 Å². The molecule has 2 heterocycles. The van der Waals surface area contributed by atoms with E-state index in [2.05, 4.69) is 29.2 Å². The SMILES string of the molecule is Cc1cc(C(=O)N2CCC(N(CC(C)C)C3CC3)C[C@@H]2C(=O)NCC2CCC(CN)CC2)no1. The summed E-state index contributed by atoms with van der Waals surface area (Å²) in [5.41, 5.74) is 6.12. The third-order valence-electron chi connectivity index (χ3n) is 7.91. The van der Waals surface area contributed by atoms with Crippen LogP contribution in [0.15, 0.2) is 10.6 Å². The molecule has 1 aromatic heterocycles. The average Bonchev–Trinajstić information content (AvgIpc) is 3.59. The van der Waals surface area contributed by atoms with Crippen LogP contribution in [0.4, 0.5) is 0 Å². The van der Waals surface area contributed by atoms with Gasteiger partial charge in [-0.3, -0.25) is 14.5 Å². The van der Waals surface area contributed by atoms with Crippen LogP contribution < -0.4 is 11.1 Å². The molecule has 8 nitrogen and oxygen atoms in total. The molecular formula is C26H43N5O3. The van der Waals surface area contributed by atoms with Gasteiger partial charge in [-0.15, -0.1) is 0 Å². The van der Waals surface area contributed by atoms with Crippen molar-refractivity contribution < 1.29 is 14.1 Å². The molecule has 0 aromatic carbocycles. The van der Waals surface area contributed by atoms with Crippen molar-refractivity contribution in [3.63, 3.8) is 0 Å². The Morgan fingerprint density at radius 2 is 1.85 bits per heavy atom. The molecule has 8 heteroatoms. The molecular weight excluding hydrogens is 430 g/mol. The molecule has 2 atom stereocenters. The van der Waals surface area contributed by atoms with Gasteiger partial charge in [0.1, 0.15) is 11.8 Å². The highest BCUT2D eigenvalue weighted by Crippen LogP contribution is 2.34. The molecule has 1 aliphatic heterocycles. The molecule has 3 aliphatic rings. The van der Waals surface area contributed by atoms with Crippen LogP contribution in [0.5, 0.6) is 0 Å². The second-order valence-corrected chi connectivity index (χ2v) is 11.2. The fraction of sp³-hybridized carbons (Fsp3) is 0.808. The first-order valence-corrected chi connectivity index (χ1v) is 13.3. The normalized spacial score (nSPS) is 27.9. The highest BCUT2D eigenvalue weighted by Gasteiger charge is 2.42. The lowest BCUT2D eigenvalue weighted by Crippen LogP contribution is -2.58. The van der Waals surface area contributed by atoms with Crippen LogP contribution >= 0.6 is 0 Å². The van der Waals surface area contributed by atoms with E-state index in [4.69, 9.17) is 10.3 Å². The van der Waals surface area contributed by atoms with E-state index in [1.165, 1.54) is 12.8 Å². The zero-order valence-corrected chi connectivity index (χ0v) is 21.2. The van der Waals surface area contributed by atoms with Crippen molar-refractivity contribution in [1.82, 2.24) is 20.3 Å². The van der Waals surface area contributed by atoms with Crippen LogP contribution in [0, 0.1) is 24.7 Å². The molecule has 3 fully saturated rings. The maximum atomic E-state index is 13.5. The maximum Gasteiger partial charge on any atom is 0.276 e. The molecule has 4 rings (SSSR count). The lowest BCUT2D eigenvalue weighted by atomic mass is 9.82. The Hall–Kier alpha value is -1.93. The number of aryl methyl sites for hydroxylation is 1. The Balaban J connectivity index is 1.44. The number of nitrogens with two attached hydrogens (primary N) is 1. The van der Waals surface area contributed by atoms with Gasteiger partial charge in [-0.1, -0.05) is 19.0 Å². The summed E-state index contributed by atoms with van der Waals surface area (Å²) in [6.45, 7) is 9.34. The summed E-state index contributed by atoms with van der Waals surface area (Å²) < 4.78 is 5.14. The van der Waals surface area contributed by atoms with E-state index in [9.17, 15) is 9.59 Å². The minimum atomic E-state index is -0.475. The minimum Gasteiger partial charge on any atom is -0.361 e. The van der Waals surface area contributed by atoms with Crippen molar-refractivity contribution in [2.24, 2.45) is 23.5 Å². The van der Waals surface area contributed by atoms with Crippen molar-refractivity contribution in [3.05, 3.63) is 17.5 Å². The molecule has 0 bridgehead atoms. The largest absolute Gasteiger partial charge is 0.361 e. The van der Waals surface area contributed by atoms with Crippen molar-refractivity contribution in [2.75, 3.05) is 26.2 Å². The van der Waals surface area contributed by atoms with E-state index in [0.29, 0.717) is 55.1 Å². The Labute approximate surface area is 204 Å². The van der Waals surface area contributed by atoms with Crippen molar-refractivity contribution >= 4 is 11.8 Å². The predicted molar refractivity (Wildman–Crippen MR) is 131 cm³/mol. The summed E-state index contributed by atoms with van der Waals surface area (Å²) in [6, 6.07) is 2.15. The van der Waals surface area contributed by atoms with Gasteiger partial charge in [-0.25, -0.2) is 0 Å². The summed E-state index contributed by atoms with van der Waals surface area (Å²) in [4.78, 5) is 31.1. The zero-order chi connectivity index (χ0) is 24.2. The van der Waals surface area contributed by atoms with Gasteiger partial charge < -0.3 is 20.5 Å². The average molecular weight is 474 g/mol. The Kier molecular flexibility index (Phi) is 8.30. The van der Waals surface area contributed by atoms with Gasteiger partial charge in [0, 0.05) is 37.8 Å². The first-order chi connectivity index (χ1) is 16.4. The number of nitrogens with zero attached hydrogens (tertiary/aromatic N) is 3. The lowest BCUT2D eigenvalue weighted by molar-refractivity contribution is -0.128. The molecule has 1 aromatic rings. The molecule has 1 saturated heterocycles. The number of carbonyl (C=O) groups is 2. The van der Waals surface area contributed by atoms with Gasteiger partial charge in [-0.05, 0) is 82.6 Å². The van der Waals surface area contributed by atoms with Crippen LogP contribution in [-0.4, -0.2) is 71.1 Å². The third kappa shape index (κ3) is 6.19. The summed E-state index contributed by atoms with van der Waals surface area (Å²) in [6.07, 6.45) is 8.56. The Morgan fingerprint density at radius 1 is 1.15 bits per heavy atom. The summed E-state index contributed by atoms with van der Waals surface area (Å²) in [7, 11) is 0. The van der Waals surface area contributed by atoms with Gasteiger partial charge in [0.2, 0.25) is 5.91 Å². The standard InChI is InChI=1S/C26H43N5O3/c1-17(2)16-31(21-8-9-21)22-10-11-30(26(33)23-12-18(3)34-29-23)24(13-22)25(32)28-15-20-6-4-19(14-27)5-7-20/h12,17,19-22,24H,4-11,13-16,27H2,1-3H3,(H,28,32)/t19?,20?,22?,24-/m1/s1. The Morgan fingerprint density at radius 3 is 2.44 bits per heavy atom. The maximum absolute atomic E-state index is 13.5. The number of amides is 2. The fourth-order valence-corrected chi connectivity index (χ4v) is 5.81. The lowest BCUT2D eigenvalue weighted by Gasteiger charge is -2.43. The number of rotatable bonds is 9. The minimum absolute atomic E-state index is 0.0282. The number of aromatic nitrogens is 1. The summed E-state index contributed by atoms with van der Waals surface area (Å²) >= 11 is 0. The smallest absolute Gasteiger partial charge is 0.276 e. The van der Waals surface area contributed by atoms with Crippen LogP contribution in [0.3, 0.4) is 0 Å². The number of hydrogen-bond donors (Lipinski definition) is 2. The molecule has 2 amide bonds. The molecule has 2 aliphatic carbocycles. The van der Waals surface area contributed by atoms with E-state index < -0.39 is 6.04 Å². The molecule has 3 N–H and O–H groups in total. The van der Waals surface area contributed by atoms with Gasteiger partial charge in [-0.2, -0.15) is 0 Å². The predicted octanol–water partition coefficient (Wildman–Crippen LogP) is 2.96. The fourth-order valence-electron chi connectivity index (χ4n) is 5.81. The van der Waals surface area contributed by atoms with E-state index in [0.717, 1.165) is 45.2 Å². The van der Waals surface area contributed by atoms with E-state index in [1.807, 2.05) is 0 Å². The number of hydrogen-bond acceptors (Lipinski definition) is 6. The molecule has 0 radical (unpaired) electrons. The number of nitrogens with one attached hydrogen (secondary N) is 1. The number of piperidine rings is 1. The second-order valence-electron chi connectivity index (χ2n) is 11.2. The van der Waals surface area contributed by atoms with Crippen molar-refractivity contribution in [3.8, 4) is 0 Å². The topological polar surface area (TPSA) is 105 Å². The first-order valence-electron chi connectivity index (χ1n) is 13.3. The van der Waals surface area contributed by atoms with Crippen LogP contribution in [-0.2, 0) is 4.79 Å². The van der Waals surface area contributed by atoms with E-state index in [1.54, 1.807) is 17.9 Å². The van der Waals surface area contributed by atoms with Gasteiger partial charge in [0.15, 0.2) is 5.69 Å². The molecule has 0 spiro atoms. The number of likely N-dealkylation sites (tertiary alicyclic amines) is 1. The molecule has 190 valence electrons. The van der Waals surface area contributed by atoms with Crippen LogP contribution in [0.25, 0.3) is 0 Å². The summed E-state index contributed by atoms with van der Waals surface area (Å²) in [5, 5.41) is 7.15. The molecule has 1 unspecified atom stereocenters. The monoisotopic (exact) mass is 473 g/mol. The molecule has 2 saturated carbocycles. The van der Waals surface area contributed by atoms with E-state index in [-0.39, 0.29) is 17.5 Å². The van der Waals surface area contributed by atoms with Crippen molar-refractivity contribution in [2.45, 2.75) is 90.3 Å². The zero-order valence-electron chi connectivity index (χ0n) is 21.2. The Bertz CT molecular complexity index is 828. The highest BCUT2D eigenvalue weighted by molar-refractivity contribution is 5.96. The number of carbonyl (C=O) groups excluding carboxylic acids is 2. The molecule has 34 heavy (non-hydrogen) atoms. The summed E-state index contributed by atoms with van der Waals surface area (Å²) in [5.74, 6) is 2.07. The van der Waals surface area contributed by atoms with Crippen LogP contribution in [0.1, 0.15) is 81.5 Å². The van der Waals surface area contributed by atoms with Crippen LogP contribution in [0.2, 0.25) is 0 Å². The second kappa shape index (κ2) is 11.2. The van der Waals surface area contributed by atoms with Gasteiger partial charge in [0.05, 0.1) is 0 Å². The quantitative estimate of drug-likeness (QED) is 0.571. The van der Waals surface area contributed by atoms with Gasteiger partial charge in [0.25, 0.3) is 5.91 Å². The van der Waals surface area contributed by atoms with E-state index >= 15 is 0 Å². The first kappa shape index (κ1) is 25.2.